The van der Waals surface area contributed by atoms with Crippen molar-refractivity contribution in [3.05, 3.63) is 34.6 Å². The summed E-state index contributed by atoms with van der Waals surface area (Å²) < 4.78 is 13.0. The van der Waals surface area contributed by atoms with Gasteiger partial charge in [0.15, 0.2) is 0 Å². The van der Waals surface area contributed by atoms with E-state index in [0.29, 0.717) is 29.8 Å². The third-order valence-electron chi connectivity index (χ3n) is 5.49. The van der Waals surface area contributed by atoms with Crippen LogP contribution in [0.5, 0.6) is 0 Å². The Bertz CT molecular complexity index is 566. The maximum absolute atomic E-state index is 13.0. The van der Waals surface area contributed by atoms with Gasteiger partial charge in [0.2, 0.25) is 5.91 Å². The van der Waals surface area contributed by atoms with Gasteiger partial charge in [-0.1, -0.05) is 24.1 Å². The minimum atomic E-state index is -0.340. The van der Waals surface area contributed by atoms with E-state index in [-0.39, 0.29) is 23.7 Å². The minimum absolute atomic E-state index is 0.0915. The molecule has 0 spiro atoms. The largest absolute Gasteiger partial charge is 0.356 e. The van der Waals surface area contributed by atoms with Gasteiger partial charge in [-0.25, -0.2) is 4.39 Å². The summed E-state index contributed by atoms with van der Waals surface area (Å²) >= 11 is 6.01. The molecule has 1 amide bonds. The van der Waals surface area contributed by atoms with Crippen LogP contribution in [0.15, 0.2) is 18.2 Å². The van der Waals surface area contributed by atoms with Gasteiger partial charge in [-0.2, -0.15) is 0 Å². The predicted molar refractivity (Wildman–Crippen MR) is 89.7 cm³/mol. The monoisotopic (exact) mass is 338 g/mol. The van der Waals surface area contributed by atoms with E-state index in [1.807, 2.05) is 0 Å². The number of nitrogens with two attached hydrogens (primary N) is 1. The van der Waals surface area contributed by atoms with Crippen LogP contribution in [0.3, 0.4) is 0 Å². The van der Waals surface area contributed by atoms with Crippen molar-refractivity contribution < 1.29 is 9.18 Å². The molecule has 2 unspecified atom stereocenters. The topological polar surface area (TPSA) is 55.1 Å². The van der Waals surface area contributed by atoms with Crippen molar-refractivity contribution in [3.63, 3.8) is 0 Å². The molecule has 3 nitrogen and oxygen atoms in total. The number of hydrogen-bond donors (Lipinski definition) is 2. The second-order valence-electron chi connectivity index (χ2n) is 6.97. The van der Waals surface area contributed by atoms with Gasteiger partial charge in [-0.3, -0.25) is 4.79 Å². The molecule has 2 fully saturated rings. The molecule has 2 aliphatic carbocycles. The Morgan fingerprint density at radius 2 is 2.00 bits per heavy atom. The van der Waals surface area contributed by atoms with Crippen LogP contribution >= 0.6 is 11.6 Å². The summed E-state index contributed by atoms with van der Waals surface area (Å²) in [5, 5.41) is 3.43. The van der Waals surface area contributed by atoms with Gasteiger partial charge in [0, 0.05) is 23.5 Å². The Morgan fingerprint density at radius 1 is 1.30 bits per heavy atom. The van der Waals surface area contributed by atoms with Crippen LogP contribution in [0, 0.1) is 23.6 Å². The third kappa shape index (κ3) is 3.86. The highest BCUT2D eigenvalue weighted by Crippen LogP contribution is 2.41. The maximum atomic E-state index is 13.0. The van der Waals surface area contributed by atoms with Crippen molar-refractivity contribution in [1.82, 2.24) is 5.32 Å². The number of carbonyl (C=O) groups excluding carboxylic acids is 1. The van der Waals surface area contributed by atoms with Gasteiger partial charge in [0.25, 0.3) is 0 Å². The molecule has 0 aromatic heterocycles. The number of nitrogens with one attached hydrogen (secondary N) is 1. The molecule has 23 heavy (non-hydrogen) atoms. The molecule has 3 N–H and O–H groups in total. The van der Waals surface area contributed by atoms with Crippen LogP contribution in [0.2, 0.25) is 5.02 Å². The predicted octanol–water partition coefficient (Wildman–Crippen LogP) is 3.29. The summed E-state index contributed by atoms with van der Waals surface area (Å²) in [4.78, 5) is 12.4. The molecule has 0 aliphatic heterocycles. The van der Waals surface area contributed by atoms with Crippen LogP contribution in [0.4, 0.5) is 4.39 Å². The summed E-state index contributed by atoms with van der Waals surface area (Å²) in [6.45, 7) is 0.530. The van der Waals surface area contributed by atoms with Crippen molar-refractivity contribution in [2.75, 3.05) is 6.54 Å². The van der Waals surface area contributed by atoms with Crippen LogP contribution < -0.4 is 11.1 Å². The zero-order chi connectivity index (χ0) is 16.4. The molecule has 0 saturated heterocycles. The summed E-state index contributed by atoms with van der Waals surface area (Å²) in [5.74, 6) is 0.892. The highest BCUT2D eigenvalue weighted by Gasteiger charge is 2.40. The van der Waals surface area contributed by atoms with E-state index in [0.717, 1.165) is 31.2 Å². The van der Waals surface area contributed by atoms with Gasteiger partial charge in [-0.05, 0) is 61.6 Å². The average molecular weight is 339 g/mol. The molecular formula is C18H24ClFN2O. The van der Waals surface area contributed by atoms with E-state index in [2.05, 4.69) is 5.32 Å². The van der Waals surface area contributed by atoms with Crippen molar-refractivity contribution in [2.45, 2.75) is 44.6 Å². The minimum Gasteiger partial charge on any atom is -0.356 e. The first-order chi connectivity index (χ1) is 11.0. The molecule has 2 bridgehead atoms. The molecule has 2 atom stereocenters. The first kappa shape index (κ1) is 16.7. The third-order valence-corrected chi connectivity index (χ3v) is 5.84. The molecule has 1 aromatic carbocycles. The highest BCUT2D eigenvalue weighted by molar-refractivity contribution is 6.31. The van der Waals surface area contributed by atoms with E-state index >= 15 is 0 Å². The number of benzene rings is 1. The molecule has 2 saturated carbocycles. The first-order valence-electron chi connectivity index (χ1n) is 8.52. The second-order valence-corrected chi connectivity index (χ2v) is 7.38. The maximum Gasteiger partial charge on any atom is 0.223 e. The lowest BCUT2D eigenvalue weighted by Gasteiger charge is -2.43. The summed E-state index contributed by atoms with van der Waals surface area (Å²) in [5.41, 5.74) is 7.13. The van der Waals surface area contributed by atoms with E-state index in [1.165, 1.54) is 18.6 Å². The highest BCUT2D eigenvalue weighted by atomic mass is 35.5. The molecule has 1 aromatic rings. The molecule has 0 heterocycles. The van der Waals surface area contributed by atoms with Crippen LogP contribution in [-0.4, -0.2) is 18.5 Å². The Morgan fingerprint density at radius 3 is 2.65 bits per heavy atom. The molecule has 2 aliphatic rings. The summed E-state index contributed by atoms with van der Waals surface area (Å²) in [7, 11) is 0. The molecule has 5 heteroatoms. The van der Waals surface area contributed by atoms with Crippen molar-refractivity contribution >= 4 is 17.5 Å². The Kier molecular flexibility index (Phi) is 5.22. The Hall–Kier alpha value is -1.13. The van der Waals surface area contributed by atoms with Crippen LogP contribution in [0.1, 0.15) is 37.7 Å². The fraction of sp³-hybridized carbons (Fsp3) is 0.611. The number of fused-ring (bicyclic) bond motifs is 2. The number of halogens is 2. The van der Waals surface area contributed by atoms with Gasteiger partial charge >= 0.3 is 0 Å². The SMILES string of the molecule is NC1C2CCCC1CC(C(=O)NCCc1ccc(F)cc1Cl)C2. The summed E-state index contributed by atoms with van der Waals surface area (Å²) in [6.07, 6.45) is 6.02. The van der Waals surface area contributed by atoms with E-state index in [1.54, 1.807) is 6.07 Å². The first-order valence-corrected chi connectivity index (χ1v) is 8.89. The Labute approximate surface area is 141 Å². The normalized spacial score (nSPS) is 30.0. The lowest BCUT2D eigenvalue weighted by atomic mass is 9.65. The summed E-state index contributed by atoms with van der Waals surface area (Å²) in [6, 6.07) is 4.66. The van der Waals surface area contributed by atoms with Gasteiger partial charge in [0.1, 0.15) is 5.82 Å². The van der Waals surface area contributed by atoms with Gasteiger partial charge in [-0.15, -0.1) is 0 Å². The lowest BCUT2D eigenvalue weighted by molar-refractivity contribution is -0.127. The van der Waals surface area contributed by atoms with E-state index in [9.17, 15) is 9.18 Å². The fourth-order valence-corrected chi connectivity index (χ4v) is 4.45. The van der Waals surface area contributed by atoms with Gasteiger partial charge < -0.3 is 11.1 Å². The number of hydrogen-bond acceptors (Lipinski definition) is 2. The van der Waals surface area contributed by atoms with E-state index < -0.39 is 0 Å². The lowest BCUT2D eigenvalue weighted by Crippen LogP contribution is -2.49. The molecule has 3 rings (SSSR count). The Balaban J connectivity index is 1.50. The smallest absolute Gasteiger partial charge is 0.223 e. The second kappa shape index (κ2) is 7.18. The van der Waals surface area contributed by atoms with Crippen molar-refractivity contribution in [3.8, 4) is 0 Å². The van der Waals surface area contributed by atoms with Crippen LogP contribution in [0.25, 0.3) is 0 Å². The standard InChI is InChI=1S/C18H24ClFN2O/c19-16-10-15(20)5-4-11(16)6-7-22-18(23)14-8-12-2-1-3-13(9-14)17(12)21/h4-5,10,12-14,17H,1-3,6-9,21H2,(H,22,23). The average Bonchev–Trinajstić information content (AvgIpc) is 2.49. The number of rotatable bonds is 4. The van der Waals surface area contributed by atoms with Crippen LogP contribution in [-0.2, 0) is 11.2 Å². The zero-order valence-electron chi connectivity index (χ0n) is 13.2. The van der Waals surface area contributed by atoms with Gasteiger partial charge in [0.05, 0.1) is 0 Å². The molecular weight excluding hydrogens is 315 g/mol. The molecule has 0 radical (unpaired) electrons. The number of amides is 1. The van der Waals surface area contributed by atoms with E-state index in [4.69, 9.17) is 17.3 Å². The van der Waals surface area contributed by atoms with Crippen molar-refractivity contribution in [1.29, 1.82) is 0 Å². The van der Waals surface area contributed by atoms with Crippen molar-refractivity contribution in [2.24, 2.45) is 23.5 Å². The fourth-order valence-electron chi connectivity index (χ4n) is 4.19. The quantitative estimate of drug-likeness (QED) is 0.885. The zero-order valence-corrected chi connectivity index (χ0v) is 14.0. The number of carbonyl (C=O) groups is 1. The molecule has 126 valence electrons.